The molecule has 0 aliphatic carbocycles. The van der Waals surface area contributed by atoms with Crippen molar-refractivity contribution in [3.8, 4) is 0 Å². The number of carbonyl (C=O) groups excluding carboxylic acids is 2. The lowest BCUT2D eigenvalue weighted by Gasteiger charge is -2.24. The zero-order valence-electron chi connectivity index (χ0n) is 15.7. The van der Waals surface area contributed by atoms with Crippen molar-refractivity contribution in [3.63, 3.8) is 0 Å². The first-order valence-corrected chi connectivity index (χ1v) is 10.5. The van der Waals surface area contributed by atoms with Gasteiger partial charge in [0.05, 0.1) is 22.5 Å². The number of benzene rings is 2. The second-order valence-electron chi connectivity index (χ2n) is 6.24. The number of alkyl halides is 3. The average molecular weight is 464 g/mol. The van der Waals surface area contributed by atoms with Gasteiger partial charge in [0.15, 0.2) is 0 Å². The van der Waals surface area contributed by atoms with Crippen molar-refractivity contribution < 1.29 is 31.2 Å². The molecular weight excluding hydrogens is 447 g/mol. The van der Waals surface area contributed by atoms with Crippen LogP contribution in [-0.2, 0) is 25.8 Å². The maximum Gasteiger partial charge on any atom is 0.416 e. The van der Waals surface area contributed by atoms with Crippen LogP contribution in [0.5, 0.6) is 0 Å². The van der Waals surface area contributed by atoms with E-state index in [0.717, 1.165) is 12.3 Å². The highest BCUT2D eigenvalue weighted by Crippen LogP contribution is 2.36. The molecule has 2 rings (SSSR count). The predicted octanol–water partition coefficient (Wildman–Crippen LogP) is 3.72. The fourth-order valence-electron chi connectivity index (χ4n) is 2.43. The number of nitrogens with one attached hydrogen (secondary N) is 2. The van der Waals surface area contributed by atoms with Crippen molar-refractivity contribution >= 4 is 50.5 Å². The molecule has 0 bridgehead atoms. The van der Waals surface area contributed by atoms with Crippen molar-refractivity contribution in [2.75, 3.05) is 27.7 Å². The Morgan fingerprint density at radius 2 is 1.57 bits per heavy atom. The van der Waals surface area contributed by atoms with Gasteiger partial charge in [0.1, 0.15) is 6.54 Å². The van der Waals surface area contributed by atoms with Gasteiger partial charge < -0.3 is 10.6 Å². The Balaban J connectivity index is 2.26. The van der Waals surface area contributed by atoms with Crippen LogP contribution in [-0.4, -0.2) is 33.0 Å². The van der Waals surface area contributed by atoms with Gasteiger partial charge in [0.2, 0.25) is 21.8 Å². The summed E-state index contributed by atoms with van der Waals surface area (Å²) < 4.78 is 63.8. The summed E-state index contributed by atoms with van der Waals surface area (Å²) in [6.45, 7) is 0.529. The van der Waals surface area contributed by atoms with E-state index in [1.807, 2.05) is 0 Å². The number of carbonyl (C=O) groups is 2. The van der Waals surface area contributed by atoms with Gasteiger partial charge in [-0.15, -0.1) is 0 Å². The van der Waals surface area contributed by atoms with E-state index < -0.39 is 39.9 Å². The first-order chi connectivity index (χ1) is 13.8. The molecule has 0 fully saturated rings. The zero-order valence-corrected chi connectivity index (χ0v) is 17.3. The number of anilines is 3. The van der Waals surface area contributed by atoms with Gasteiger partial charge in [-0.3, -0.25) is 13.9 Å². The van der Waals surface area contributed by atoms with E-state index in [1.54, 1.807) is 0 Å². The molecule has 0 heterocycles. The minimum absolute atomic E-state index is 0.263. The third kappa shape index (κ3) is 6.36. The van der Waals surface area contributed by atoms with Gasteiger partial charge in [-0.05, 0) is 42.5 Å². The summed E-state index contributed by atoms with van der Waals surface area (Å²) >= 11 is 5.91. The fourth-order valence-corrected chi connectivity index (χ4v) is 3.56. The number of nitrogens with zero attached hydrogens (tertiary/aromatic N) is 1. The second kappa shape index (κ2) is 8.92. The van der Waals surface area contributed by atoms with E-state index in [9.17, 15) is 31.2 Å². The van der Waals surface area contributed by atoms with Gasteiger partial charge in [-0.25, -0.2) is 8.42 Å². The summed E-state index contributed by atoms with van der Waals surface area (Å²) in [6.07, 6.45) is -3.97. The molecule has 2 N–H and O–H groups in total. The molecule has 162 valence electrons. The molecule has 2 aromatic rings. The van der Waals surface area contributed by atoms with Crippen LogP contribution >= 0.6 is 11.6 Å². The Kier molecular flexibility index (Phi) is 6.99. The van der Waals surface area contributed by atoms with Crippen LogP contribution < -0.4 is 14.9 Å². The van der Waals surface area contributed by atoms with Crippen molar-refractivity contribution in [2.24, 2.45) is 0 Å². The van der Waals surface area contributed by atoms with Gasteiger partial charge in [0, 0.05) is 18.3 Å². The highest BCUT2D eigenvalue weighted by atomic mass is 35.5. The van der Waals surface area contributed by atoms with Crippen LogP contribution in [0.1, 0.15) is 12.5 Å². The summed E-state index contributed by atoms with van der Waals surface area (Å²) in [5.74, 6) is -1.09. The lowest BCUT2D eigenvalue weighted by molar-refractivity contribution is -0.137. The Bertz CT molecular complexity index is 1060. The molecule has 0 aliphatic heterocycles. The Hall–Kier alpha value is -2.79. The maximum absolute atomic E-state index is 13.0. The quantitative estimate of drug-likeness (QED) is 0.682. The van der Waals surface area contributed by atoms with Gasteiger partial charge >= 0.3 is 6.18 Å². The van der Waals surface area contributed by atoms with Gasteiger partial charge in [-0.2, -0.15) is 13.2 Å². The van der Waals surface area contributed by atoms with Crippen LogP contribution in [0, 0.1) is 0 Å². The summed E-state index contributed by atoms with van der Waals surface area (Å²) in [5.41, 5.74) is -0.804. The molecule has 0 aromatic heterocycles. The number of hydrogen-bond acceptors (Lipinski definition) is 4. The zero-order chi connectivity index (χ0) is 22.7. The summed E-state index contributed by atoms with van der Waals surface area (Å²) in [4.78, 5) is 23.4. The monoisotopic (exact) mass is 463 g/mol. The largest absolute Gasteiger partial charge is 0.416 e. The predicted molar refractivity (Wildman–Crippen MR) is 108 cm³/mol. The molecule has 12 heteroatoms. The Labute approximate surface area is 175 Å². The van der Waals surface area contributed by atoms with Crippen LogP contribution in [0.4, 0.5) is 30.2 Å². The molecule has 0 aliphatic rings. The van der Waals surface area contributed by atoms with E-state index in [4.69, 9.17) is 11.6 Å². The molecule has 0 saturated carbocycles. The van der Waals surface area contributed by atoms with Crippen molar-refractivity contribution in [2.45, 2.75) is 13.1 Å². The normalized spacial score (nSPS) is 11.7. The van der Waals surface area contributed by atoms with Gasteiger partial charge in [0.25, 0.3) is 0 Å². The fraction of sp³-hybridized carbons (Fsp3) is 0.222. The molecule has 0 atom stereocenters. The minimum Gasteiger partial charge on any atom is -0.326 e. The molecule has 0 radical (unpaired) electrons. The van der Waals surface area contributed by atoms with Crippen molar-refractivity contribution in [1.82, 2.24) is 0 Å². The van der Waals surface area contributed by atoms with E-state index in [1.165, 1.54) is 31.2 Å². The van der Waals surface area contributed by atoms with Crippen molar-refractivity contribution in [3.05, 3.63) is 53.1 Å². The van der Waals surface area contributed by atoms with Crippen molar-refractivity contribution in [1.29, 1.82) is 0 Å². The number of halogens is 4. The lowest BCUT2D eigenvalue weighted by Crippen LogP contribution is -2.37. The third-order valence-corrected chi connectivity index (χ3v) is 5.16. The third-order valence-electron chi connectivity index (χ3n) is 3.72. The first-order valence-electron chi connectivity index (χ1n) is 8.29. The van der Waals surface area contributed by atoms with E-state index in [-0.39, 0.29) is 16.6 Å². The standard InChI is InChI=1S/C18H17ClF3N3O4S/c1-11(26)23-13-4-6-14(7-5-13)24-17(27)10-25(30(2,28)29)16-9-12(18(20,21)22)3-8-15(16)19/h3-9H,10H2,1-2H3,(H,23,26)(H,24,27). The lowest BCUT2D eigenvalue weighted by atomic mass is 10.2. The van der Waals surface area contributed by atoms with Crippen LogP contribution in [0.25, 0.3) is 0 Å². The summed E-state index contributed by atoms with van der Waals surface area (Å²) in [6, 6.07) is 8.14. The number of sulfonamides is 1. The smallest absolute Gasteiger partial charge is 0.326 e. The first kappa shape index (κ1) is 23.5. The number of hydrogen-bond donors (Lipinski definition) is 2. The molecule has 2 amide bonds. The van der Waals surface area contributed by atoms with Crippen LogP contribution in [0.2, 0.25) is 5.02 Å². The molecule has 0 unspecified atom stereocenters. The molecule has 2 aromatic carbocycles. The second-order valence-corrected chi connectivity index (χ2v) is 8.55. The van der Waals surface area contributed by atoms with E-state index in [0.29, 0.717) is 22.1 Å². The molecular formula is C18H17ClF3N3O4S. The molecule has 0 spiro atoms. The summed E-state index contributed by atoms with van der Waals surface area (Å²) in [5, 5.41) is 4.71. The number of amides is 2. The average Bonchev–Trinajstić information content (AvgIpc) is 2.60. The van der Waals surface area contributed by atoms with E-state index in [2.05, 4.69) is 10.6 Å². The Morgan fingerprint density at radius 3 is 2.03 bits per heavy atom. The molecule has 30 heavy (non-hydrogen) atoms. The van der Waals surface area contributed by atoms with Gasteiger partial charge in [-0.1, -0.05) is 11.6 Å². The maximum atomic E-state index is 13.0. The van der Waals surface area contributed by atoms with E-state index >= 15 is 0 Å². The van der Waals surface area contributed by atoms with Crippen LogP contribution in [0.3, 0.4) is 0 Å². The number of rotatable bonds is 6. The molecule has 7 nitrogen and oxygen atoms in total. The topological polar surface area (TPSA) is 95.6 Å². The SMILES string of the molecule is CC(=O)Nc1ccc(NC(=O)CN(c2cc(C(F)(F)F)ccc2Cl)S(C)(=O)=O)cc1. The minimum atomic E-state index is -4.72. The highest BCUT2D eigenvalue weighted by Gasteiger charge is 2.33. The summed E-state index contributed by atoms with van der Waals surface area (Å²) in [7, 11) is -4.14. The highest BCUT2D eigenvalue weighted by molar-refractivity contribution is 7.92. The van der Waals surface area contributed by atoms with Crippen LogP contribution in [0.15, 0.2) is 42.5 Å². The molecule has 0 saturated heterocycles. The Morgan fingerprint density at radius 1 is 1.03 bits per heavy atom.